The summed E-state index contributed by atoms with van der Waals surface area (Å²) >= 11 is 2.90. The summed E-state index contributed by atoms with van der Waals surface area (Å²) in [5.41, 5.74) is 0. The normalized spacial score (nSPS) is 18.7. The van der Waals surface area contributed by atoms with Gasteiger partial charge in [-0.1, -0.05) is 15.9 Å². The zero-order chi connectivity index (χ0) is 7.56. The Labute approximate surface area is 65.6 Å². The number of carboxylic acid groups (broad SMARTS) is 1. The molecule has 0 radical (unpaired) electrons. The van der Waals surface area contributed by atoms with Crippen LogP contribution < -0.4 is 0 Å². The highest BCUT2D eigenvalue weighted by atomic mass is 79.9. The van der Waals surface area contributed by atoms with Crippen molar-refractivity contribution in [3.8, 4) is 0 Å². The first-order valence-corrected chi connectivity index (χ1v) is 3.44. The van der Waals surface area contributed by atoms with Crippen LogP contribution in [0.1, 0.15) is 0 Å². The number of carboxylic acids is 1. The Kier molecular flexibility index (Phi) is 2.16. The van der Waals surface area contributed by atoms with Crippen molar-refractivity contribution in [3.63, 3.8) is 0 Å². The first kappa shape index (κ1) is 7.40. The van der Waals surface area contributed by atoms with Gasteiger partial charge in [0.15, 0.2) is 10.6 Å². The van der Waals surface area contributed by atoms with Gasteiger partial charge in [0.2, 0.25) is 6.79 Å². The third-order valence-corrected chi connectivity index (χ3v) is 1.80. The smallest absolute Gasteiger partial charge is 0.325 e. The van der Waals surface area contributed by atoms with Crippen LogP contribution in [0.2, 0.25) is 0 Å². The summed E-state index contributed by atoms with van der Waals surface area (Å²) < 4.78 is 9.44. The lowest BCUT2D eigenvalue weighted by Gasteiger charge is -2.02. The van der Waals surface area contributed by atoms with Crippen molar-refractivity contribution in [3.05, 3.63) is 12.0 Å². The number of halogens is 1. The lowest BCUT2D eigenvalue weighted by Crippen LogP contribution is -2.15. The number of carbonyl (C=O) groups is 1. The maximum absolute atomic E-state index is 10.3. The van der Waals surface area contributed by atoms with Gasteiger partial charge in [-0.25, -0.2) is 0 Å². The molecule has 10 heavy (non-hydrogen) atoms. The number of ether oxygens (including phenoxy) is 2. The van der Waals surface area contributed by atoms with E-state index in [1.54, 1.807) is 0 Å². The molecule has 0 aromatic heterocycles. The van der Waals surface area contributed by atoms with Crippen molar-refractivity contribution in [2.45, 2.75) is 4.83 Å². The van der Waals surface area contributed by atoms with Crippen LogP contribution in [0.15, 0.2) is 12.0 Å². The van der Waals surface area contributed by atoms with Crippen molar-refractivity contribution in [1.82, 2.24) is 0 Å². The van der Waals surface area contributed by atoms with Crippen molar-refractivity contribution in [1.29, 1.82) is 0 Å². The number of alkyl halides is 1. The lowest BCUT2D eigenvalue weighted by atomic mass is 10.4. The maximum Gasteiger partial charge on any atom is 0.325 e. The molecule has 1 N–H and O–H groups in total. The molecule has 1 aliphatic rings. The first-order chi connectivity index (χ1) is 4.72. The zero-order valence-corrected chi connectivity index (χ0v) is 6.50. The van der Waals surface area contributed by atoms with Crippen LogP contribution in [0, 0.1) is 0 Å². The van der Waals surface area contributed by atoms with Gasteiger partial charge in [-0.05, 0) is 0 Å². The fraction of sp³-hybridized carbons (Fsp3) is 0.400. The molecule has 56 valence electrons. The quantitative estimate of drug-likeness (QED) is 0.679. The second kappa shape index (κ2) is 2.92. The minimum atomic E-state index is -0.989. The monoisotopic (exact) mass is 208 g/mol. The first-order valence-electron chi connectivity index (χ1n) is 2.53. The van der Waals surface area contributed by atoms with Crippen LogP contribution in [0.4, 0.5) is 0 Å². The Balaban J connectivity index is 2.55. The lowest BCUT2D eigenvalue weighted by molar-refractivity contribution is -0.136. The predicted molar refractivity (Wildman–Crippen MR) is 35.5 cm³/mol. The molecule has 0 aliphatic carbocycles. The molecule has 1 aliphatic heterocycles. The van der Waals surface area contributed by atoms with E-state index in [9.17, 15) is 4.79 Å². The molecule has 4 nitrogen and oxygen atoms in total. The van der Waals surface area contributed by atoms with Crippen LogP contribution >= 0.6 is 15.9 Å². The van der Waals surface area contributed by atoms with Crippen LogP contribution in [-0.4, -0.2) is 22.7 Å². The van der Waals surface area contributed by atoms with Crippen LogP contribution in [0.5, 0.6) is 0 Å². The van der Waals surface area contributed by atoms with E-state index in [2.05, 4.69) is 20.7 Å². The van der Waals surface area contributed by atoms with Crippen molar-refractivity contribution in [2.75, 3.05) is 6.79 Å². The molecular weight excluding hydrogens is 204 g/mol. The fourth-order valence-electron chi connectivity index (χ4n) is 0.507. The van der Waals surface area contributed by atoms with Gasteiger partial charge in [0.1, 0.15) is 6.26 Å². The zero-order valence-electron chi connectivity index (χ0n) is 4.91. The highest BCUT2D eigenvalue weighted by Gasteiger charge is 2.23. The molecule has 1 atom stereocenters. The molecular formula is C5H5BrO4. The van der Waals surface area contributed by atoms with Crippen molar-refractivity contribution >= 4 is 21.9 Å². The van der Waals surface area contributed by atoms with Crippen LogP contribution in [0.3, 0.4) is 0 Å². The van der Waals surface area contributed by atoms with Gasteiger partial charge in [-0.2, -0.15) is 0 Å². The minimum Gasteiger partial charge on any atom is -0.480 e. The van der Waals surface area contributed by atoms with Crippen LogP contribution in [0.25, 0.3) is 0 Å². The van der Waals surface area contributed by atoms with Gasteiger partial charge in [0.05, 0.1) is 0 Å². The second-order valence-electron chi connectivity index (χ2n) is 1.65. The molecule has 0 spiro atoms. The Hall–Kier alpha value is -0.710. The number of hydrogen-bond acceptors (Lipinski definition) is 3. The van der Waals surface area contributed by atoms with E-state index in [0.29, 0.717) is 5.76 Å². The molecule has 0 amide bonds. The van der Waals surface area contributed by atoms with E-state index in [4.69, 9.17) is 9.84 Å². The van der Waals surface area contributed by atoms with Gasteiger partial charge in [0, 0.05) is 0 Å². The fourth-order valence-corrected chi connectivity index (χ4v) is 0.747. The third kappa shape index (κ3) is 1.41. The molecule has 0 bridgehead atoms. The summed E-state index contributed by atoms with van der Waals surface area (Å²) in [7, 11) is 0. The summed E-state index contributed by atoms with van der Waals surface area (Å²) in [5, 5.41) is 8.42. The van der Waals surface area contributed by atoms with Gasteiger partial charge in [0.25, 0.3) is 0 Å². The molecule has 0 saturated heterocycles. The van der Waals surface area contributed by atoms with Gasteiger partial charge < -0.3 is 14.6 Å². The molecule has 1 rings (SSSR count). The highest BCUT2D eigenvalue weighted by molar-refractivity contribution is 9.10. The Morgan fingerprint density at radius 1 is 1.90 bits per heavy atom. The molecule has 1 heterocycles. The van der Waals surface area contributed by atoms with Crippen LogP contribution in [-0.2, 0) is 14.3 Å². The SMILES string of the molecule is O=C(O)C(Br)C1=COCO1. The molecule has 0 aromatic rings. The Morgan fingerprint density at radius 2 is 2.60 bits per heavy atom. The Morgan fingerprint density at radius 3 is 3.00 bits per heavy atom. The standard InChI is InChI=1S/C5H5BrO4/c6-4(5(7)8)3-1-9-2-10-3/h1,4H,2H2,(H,7,8). The molecule has 0 saturated carbocycles. The molecule has 0 fully saturated rings. The topological polar surface area (TPSA) is 55.8 Å². The summed E-state index contributed by atoms with van der Waals surface area (Å²) in [4.78, 5) is 9.47. The number of hydrogen-bond donors (Lipinski definition) is 1. The molecule has 1 unspecified atom stereocenters. The largest absolute Gasteiger partial charge is 0.480 e. The van der Waals surface area contributed by atoms with Gasteiger partial charge in [-0.3, -0.25) is 4.79 Å². The summed E-state index contributed by atoms with van der Waals surface area (Å²) in [5.74, 6) is -0.691. The van der Waals surface area contributed by atoms with E-state index < -0.39 is 10.8 Å². The van der Waals surface area contributed by atoms with E-state index in [1.165, 1.54) is 6.26 Å². The maximum atomic E-state index is 10.3. The summed E-state index contributed by atoms with van der Waals surface area (Å²) in [6.45, 7) is 0.102. The van der Waals surface area contributed by atoms with E-state index in [1.807, 2.05) is 0 Å². The van der Waals surface area contributed by atoms with Crippen molar-refractivity contribution < 1.29 is 19.4 Å². The summed E-state index contributed by atoms with van der Waals surface area (Å²) in [6.07, 6.45) is 1.29. The van der Waals surface area contributed by atoms with Crippen molar-refractivity contribution in [2.24, 2.45) is 0 Å². The average molecular weight is 209 g/mol. The highest BCUT2D eigenvalue weighted by Crippen LogP contribution is 2.17. The van der Waals surface area contributed by atoms with E-state index in [-0.39, 0.29) is 6.79 Å². The Bertz CT molecular complexity index is 176. The predicted octanol–water partition coefficient (Wildman–Crippen LogP) is 0.680. The van der Waals surface area contributed by atoms with E-state index >= 15 is 0 Å². The van der Waals surface area contributed by atoms with E-state index in [0.717, 1.165) is 0 Å². The summed E-state index contributed by atoms with van der Waals surface area (Å²) in [6, 6.07) is 0. The number of aliphatic carboxylic acids is 1. The number of rotatable bonds is 2. The molecule has 0 aromatic carbocycles. The van der Waals surface area contributed by atoms with Gasteiger partial charge >= 0.3 is 5.97 Å². The second-order valence-corrected chi connectivity index (χ2v) is 2.57. The average Bonchev–Trinajstić information content (AvgIpc) is 2.36. The van der Waals surface area contributed by atoms with Gasteiger partial charge in [-0.15, -0.1) is 0 Å². The third-order valence-electron chi connectivity index (χ3n) is 0.960. The molecule has 5 heteroatoms. The minimum absolute atomic E-state index is 0.102.